The third kappa shape index (κ3) is 5.21. The molecule has 0 amide bonds. The fourth-order valence-electron chi connectivity index (χ4n) is 4.28. The van der Waals surface area contributed by atoms with Gasteiger partial charge in [-0.25, -0.2) is 9.97 Å². The summed E-state index contributed by atoms with van der Waals surface area (Å²) in [6.45, 7) is 2.48. The van der Waals surface area contributed by atoms with E-state index in [1.165, 1.54) is 0 Å². The molecule has 8 heteroatoms. The highest BCUT2D eigenvalue weighted by molar-refractivity contribution is 5.64. The van der Waals surface area contributed by atoms with Gasteiger partial charge in [0.1, 0.15) is 23.7 Å². The highest BCUT2D eigenvalue weighted by Crippen LogP contribution is 2.39. The van der Waals surface area contributed by atoms with E-state index in [0.717, 1.165) is 42.6 Å². The molecule has 1 N–H and O–H groups in total. The third-order valence-electron chi connectivity index (χ3n) is 6.34. The Morgan fingerprint density at radius 1 is 1.21 bits per heavy atom. The molecule has 0 unspecified atom stereocenters. The number of rotatable bonds is 8. The van der Waals surface area contributed by atoms with E-state index in [1.54, 1.807) is 6.20 Å². The number of benzene rings is 1. The lowest BCUT2D eigenvalue weighted by molar-refractivity contribution is 0.0254. The second kappa shape index (κ2) is 9.69. The summed E-state index contributed by atoms with van der Waals surface area (Å²) in [5.74, 6) is 2.25. The van der Waals surface area contributed by atoms with Crippen LogP contribution >= 0.6 is 0 Å². The molecule has 0 spiro atoms. The van der Waals surface area contributed by atoms with Gasteiger partial charge in [0.05, 0.1) is 30.7 Å². The summed E-state index contributed by atoms with van der Waals surface area (Å²) in [7, 11) is 0. The van der Waals surface area contributed by atoms with Crippen molar-refractivity contribution in [1.82, 2.24) is 19.7 Å². The van der Waals surface area contributed by atoms with Crippen molar-refractivity contribution in [3.63, 3.8) is 0 Å². The standard InChI is InChI=1S/C25H27N5O3/c26-12-19-10-18(1-2-24(19)33-22-4-7-32-8-5-22)23-3-6-27-25(29-23)9-17-13-28-30(14-17)15-20-11-21(20)16-31/h1-3,6,10,13-14,20-22,31H,4-5,7-9,11,15-16H2/t20-,21-/m1/s1. The first-order valence-electron chi connectivity index (χ1n) is 11.4. The molecule has 1 saturated carbocycles. The minimum atomic E-state index is 0.0812. The molecule has 3 aromatic rings. The van der Waals surface area contributed by atoms with Crippen molar-refractivity contribution in [2.24, 2.45) is 11.8 Å². The van der Waals surface area contributed by atoms with E-state index < -0.39 is 0 Å². The summed E-state index contributed by atoms with van der Waals surface area (Å²) in [4.78, 5) is 9.14. The van der Waals surface area contributed by atoms with Gasteiger partial charge < -0.3 is 14.6 Å². The Hall–Kier alpha value is -3.28. The van der Waals surface area contributed by atoms with E-state index in [2.05, 4.69) is 16.2 Å². The molecule has 3 heterocycles. The normalized spacial score (nSPS) is 20.4. The van der Waals surface area contributed by atoms with Crippen LogP contribution in [0.25, 0.3) is 11.3 Å². The number of aliphatic hydroxyl groups excluding tert-OH is 1. The van der Waals surface area contributed by atoms with Crippen LogP contribution in [0.2, 0.25) is 0 Å². The smallest absolute Gasteiger partial charge is 0.137 e. The van der Waals surface area contributed by atoms with Crippen molar-refractivity contribution in [2.45, 2.75) is 38.3 Å². The second-order valence-corrected chi connectivity index (χ2v) is 8.80. The number of hydrogen-bond donors (Lipinski definition) is 1. The third-order valence-corrected chi connectivity index (χ3v) is 6.34. The Labute approximate surface area is 192 Å². The predicted octanol–water partition coefficient (Wildman–Crippen LogP) is 2.99. The summed E-state index contributed by atoms with van der Waals surface area (Å²) in [6.07, 6.45) is 9.02. The molecule has 8 nitrogen and oxygen atoms in total. The number of nitrogens with zero attached hydrogens (tertiary/aromatic N) is 5. The summed E-state index contributed by atoms with van der Waals surface area (Å²) < 4.78 is 13.4. The fourth-order valence-corrected chi connectivity index (χ4v) is 4.28. The number of ether oxygens (including phenoxy) is 2. The molecule has 0 radical (unpaired) electrons. The summed E-state index contributed by atoms with van der Waals surface area (Å²) in [5.41, 5.74) is 3.17. The first-order valence-corrected chi connectivity index (χ1v) is 11.4. The maximum atomic E-state index is 9.66. The Morgan fingerprint density at radius 3 is 2.88 bits per heavy atom. The lowest BCUT2D eigenvalue weighted by atomic mass is 10.1. The molecule has 2 aliphatic rings. The molecular weight excluding hydrogens is 418 g/mol. The van der Waals surface area contributed by atoms with Crippen molar-refractivity contribution in [3.05, 3.63) is 59.8 Å². The minimum Gasteiger partial charge on any atom is -0.489 e. The van der Waals surface area contributed by atoms with Crippen LogP contribution in [-0.4, -0.2) is 50.8 Å². The van der Waals surface area contributed by atoms with E-state index in [9.17, 15) is 10.4 Å². The molecule has 170 valence electrons. The monoisotopic (exact) mass is 445 g/mol. The zero-order valence-corrected chi connectivity index (χ0v) is 18.4. The van der Waals surface area contributed by atoms with Gasteiger partial charge in [0.15, 0.2) is 0 Å². The van der Waals surface area contributed by atoms with Crippen molar-refractivity contribution >= 4 is 0 Å². The van der Waals surface area contributed by atoms with Gasteiger partial charge in [-0.2, -0.15) is 10.4 Å². The van der Waals surface area contributed by atoms with Crippen LogP contribution in [0.1, 0.15) is 36.2 Å². The van der Waals surface area contributed by atoms with E-state index in [0.29, 0.717) is 48.6 Å². The Morgan fingerprint density at radius 2 is 2.09 bits per heavy atom. The largest absolute Gasteiger partial charge is 0.489 e. The SMILES string of the molecule is N#Cc1cc(-c2ccnc(Cc3cnn(C[C@H]4C[C@@H]4CO)c3)n2)ccc1OC1CCOCC1. The van der Waals surface area contributed by atoms with Gasteiger partial charge >= 0.3 is 0 Å². The maximum absolute atomic E-state index is 9.66. The van der Waals surface area contributed by atoms with Crippen LogP contribution in [0.4, 0.5) is 0 Å². The Kier molecular flexibility index (Phi) is 6.33. The molecule has 2 fully saturated rings. The molecule has 33 heavy (non-hydrogen) atoms. The average Bonchev–Trinajstić information content (AvgIpc) is 3.47. The molecule has 2 atom stereocenters. The molecule has 1 saturated heterocycles. The first kappa shape index (κ1) is 21.6. The topological polar surface area (TPSA) is 106 Å². The van der Waals surface area contributed by atoms with Gasteiger partial charge in [-0.15, -0.1) is 0 Å². The maximum Gasteiger partial charge on any atom is 0.137 e. The molecule has 1 aliphatic carbocycles. The van der Waals surface area contributed by atoms with E-state index in [4.69, 9.17) is 14.5 Å². The summed E-state index contributed by atoms with van der Waals surface area (Å²) in [6, 6.07) is 9.72. The predicted molar refractivity (Wildman–Crippen MR) is 120 cm³/mol. The molecular formula is C25H27N5O3. The van der Waals surface area contributed by atoms with Crippen LogP contribution in [0.5, 0.6) is 5.75 Å². The van der Waals surface area contributed by atoms with Crippen molar-refractivity contribution in [3.8, 4) is 23.1 Å². The summed E-state index contributed by atoms with van der Waals surface area (Å²) >= 11 is 0. The minimum absolute atomic E-state index is 0.0812. The van der Waals surface area contributed by atoms with Crippen LogP contribution in [0.15, 0.2) is 42.9 Å². The van der Waals surface area contributed by atoms with E-state index in [1.807, 2.05) is 41.3 Å². The lowest BCUT2D eigenvalue weighted by Crippen LogP contribution is -2.26. The summed E-state index contributed by atoms with van der Waals surface area (Å²) in [5, 5.41) is 23.3. The van der Waals surface area contributed by atoms with Gasteiger partial charge in [0, 0.05) is 50.4 Å². The van der Waals surface area contributed by atoms with Crippen molar-refractivity contribution in [2.75, 3.05) is 19.8 Å². The van der Waals surface area contributed by atoms with Crippen LogP contribution in [0, 0.1) is 23.2 Å². The van der Waals surface area contributed by atoms with Gasteiger partial charge in [-0.1, -0.05) is 0 Å². The highest BCUT2D eigenvalue weighted by atomic mass is 16.5. The van der Waals surface area contributed by atoms with E-state index >= 15 is 0 Å². The number of hydrogen-bond acceptors (Lipinski definition) is 7. The fraction of sp³-hybridized carbons (Fsp3) is 0.440. The second-order valence-electron chi connectivity index (χ2n) is 8.80. The number of nitriles is 1. The van der Waals surface area contributed by atoms with Crippen molar-refractivity contribution < 1.29 is 14.6 Å². The molecule has 2 aromatic heterocycles. The zero-order chi connectivity index (χ0) is 22.6. The molecule has 1 aromatic carbocycles. The van der Waals surface area contributed by atoms with Crippen molar-refractivity contribution in [1.29, 1.82) is 5.26 Å². The van der Waals surface area contributed by atoms with E-state index in [-0.39, 0.29) is 12.7 Å². The van der Waals surface area contributed by atoms with Crippen LogP contribution in [0.3, 0.4) is 0 Å². The lowest BCUT2D eigenvalue weighted by Gasteiger charge is -2.23. The quantitative estimate of drug-likeness (QED) is 0.568. The number of aliphatic hydroxyl groups is 1. The molecule has 5 rings (SSSR count). The first-order chi connectivity index (χ1) is 16.2. The number of aromatic nitrogens is 4. The Balaban J connectivity index is 1.27. The van der Waals surface area contributed by atoms with Gasteiger partial charge in [-0.3, -0.25) is 4.68 Å². The average molecular weight is 446 g/mol. The molecule has 0 bridgehead atoms. The van der Waals surface area contributed by atoms with Gasteiger partial charge in [-0.05, 0) is 48.1 Å². The van der Waals surface area contributed by atoms with Gasteiger partial charge in [0.25, 0.3) is 0 Å². The zero-order valence-electron chi connectivity index (χ0n) is 18.4. The Bertz CT molecular complexity index is 1150. The molecule has 1 aliphatic heterocycles. The van der Waals surface area contributed by atoms with Crippen LogP contribution < -0.4 is 4.74 Å². The highest BCUT2D eigenvalue weighted by Gasteiger charge is 2.36. The van der Waals surface area contributed by atoms with Gasteiger partial charge in [0.2, 0.25) is 0 Å². The van der Waals surface area contributed by atoms with Crippen LogP contribution in [-0.2, 0) is 17.7 Å².